The molecule has 1 N–H and O–H groups in total. The average Bonchev–Trinajstić information content (AvgIpc) is 3.13. The van der Waals surface area contributed by atoms with E-state index >= 15 is 0 Å². The number of fused-ring (bicyclic) bond motifs is 1. The molecule has 6 heteroatoms. The van der Waals surface area contributed by atoms with E-state index in [0.717, 1.165) is 12.8 Å². The third-order valence-electron chi connectivity index (χ3n) is 5.16. The summed E-state index contributed by atoms with van der Waals surface area (Å²) in [5.74, 6) is 0.200. The molecule has 30 heavy (non-hydrogen) atoms. The summed E-state index contributed by atoms with van der Waals surface area (Å²) in [7, 11) is 0. The van der Waals surface area contributed by atoms with Gasteiger partial charge in [-0.2, -0.15) is 5.26 Å². The molecule has 1 heterocycles. The van der Waals surface area contributed by atoms with Crippen LogP contribution in [0, 0.1) is 11.3 Å². The first-order valence-corrected chi connectivity index (χ1v) is 11.3. The number of hydrogen-bond acceptors (Lipinski definition) is 5. The van der Waals surface area contributed by atoms with Gasteiger partial charge in [0.15, 0.2) is 5.58 Å². The molecular weight excluding hydrogens is 378 g/mol. The molecule has 2 aromatic rings. The lowest BCUT2D eigenvalue weighted by Gasteiger charge is -2.13. The van der Waals surface area contributed by atoms with Crippen LogP contribution in [0.25, 0.3) is 11.1 Å². The van der Waals surface area contributed by atoms with Crippen molar-refractivity contribution in [3.63, 3.8) is 0 Å². The van der Waals surface area contributed by atoms with Crippen LogP contribution >= 0.6 is 0 Å². The van der Waals surface area contributed by atoms with E-state index in [4.69, 9.17) is 14.4 Å². The van der Waals surface area contributed by atoms with E-state index in [1.54, 1.807) is 25.1 Å². The van der Waals surface area contributed by atoms with Crippen molar-refractivity contribution in [1.29, 1.82) is 5.26 Å². The quantitative estimate of drug-likeness (QED) is 0.353. The number of ether oxygens (including phenoxy) is 1. The van der Waals surface area contributed by atoms with Crippen LogP contribution in [-0.4, -0.2) is 23.6 Å². The SMILES string of the molecule is CCCCCCCCCCCCOC(C)C(=O)Nc1ccc2oc(CC#N)nc2c1. The molecular formula is C24H35N3O3. The van der Waals surface area contributed by atoms with Gasteiger partial charge in [-0.15, -0.1) is 0 Å². The van der Waals surface area contributed by atoms with E-state index in [0.29, 0.717) is 29.3 Å². The summed E-state index contributed by atoms with van der Waals surface area (Å²) in [4.78, 5) is 16.6. The second kappa shape index (κ2) is 13.8. The van der Waals surface area contributed by atoms with Crippen LogP contribution in [0.2, 0.25) is 0 Å². The van der Waals surface area contributed by atoms with Gasteiger partial charge in [0.1, 0.15) is 18.0 Å². The number of nitrogens with zero attached hydrogens (tertiary/aromatic N) is 2. The van der Waals surface area contributed by atoms with Crippen molar-refractivity contribution in [2.45, 2.75) is 90.6 Å². The maximum Gasteiger partial charge on any atom is 0.253 e. The Kier molecular flexibility index (Phi) is 11.0. The molecule has 6 nitrogen and oxygen atoms in total. The summed E-state index contributed by atoms with van der Waals surface area (Å²) in [6.07, 6.45) is 12.4. The fraction of sp³-hybridized carbons (Fsp3) is 0.625. The van der Waals surface area contributed by atoms with Crippen molar-refractivity contribution in [3.8, 4) is 6.07 Å². The summed E-state index contributed by atoms with van der Waals surface area (Å²) < 4.78 is 11.2. The van der Waals surface area contributed by atoms with Crippen molar-refractivity contribution in [3.05, 3.63) is 24.1 Å². The molecule has 1 aromatic heterocycles. The van der Waals surface area contributed by atoms with Crippen LogP contribution in [0.5, 0.6) is 0 Å². The molecule has 0 saturated heterocycles. The van der Waals surface area contributed by atoms with E-state index in [1.807, 2.05) is 6.07 Å². The number of rotatable bonds is 15. The summed E-state index contributed by atoms with van der Waals surface area (Å²) in [5.41, 5.74) is 1.86. The van der Waals surface area contributed by atoms with Crippen molar-refractivity contribution in [2.24, 2.45) is 0 Å². The fourth-order valence-corrected chi connectivity index (χ4v) is 3.37. The second-order valence-corrected chi connectivity index (χ2v) is 7.81. The van der Waals surface area contributed by atoms with Gasteiger partial charge in [-0.3, -0.25) is 4.79 Å². The van der Waals surface area contributed by atoms with Gasteiger partial charge >= 0.3 is 0 Å². The van der Waals surface area contributed by atoms with Crippen molar-refractivity contribution in [1.82, 2.24) is 4.98 Å². The molecule has 1 aromatic carbocycles. The van der Waals surface area contributed by atoms with E-state index in [9.17, 15) is 4.79 Å². The van der Waals surface area contributed by atoms with E-state index in [2.05, 4.69) is 17.2 Å². The lowest BCUT2D eigenvalue weighted by molar-refractivity contribution is -0.126. The van der Waals surface area contributed by atoms with Crippen LogP contribution in [-0.2, 0) is 16.0 Å². The average molecular weight is 414 g/mol. The Balaban J connectivity index is 1.59. The second-order valence-electron chi connectivity index (χ2n) is 7.81. The van der Waals surface area contributed by atoms with Crippen molar-refractivity contribution in [2.75, 3.05) is 11.9 Å². The maximum absolute atomic E-state index is 12.3. The highest BCUT2D eigenvalue weighted by atomic mass is 16.5. The Hall–Kier alpha value is -2.39. The Bertz CT molecular complexity index is 810. The van der Waals surface area contributed by atoms with Crippen LogP contribution in [0.3, 0.4) is 0 Å². The summed E-state index contributed by atoms with van der Waals surface area (Å²) in [6, 6.07) is 7.26. The molecule has 1 unspecified atom stereocenters. The maximum atomic E-state index is 12.3. The number of nitrogens with one attached hydrogen (secondary N) is 1. The molecule has 1 amide bonds. The van der Waals surface area contributed by atoms with Crippen LogP contribution in [0.4, 0.5) is 5.69 Å². The zero-order chi connectivity index (χ0) is 21.6. The molecule has 0 aliphatic carbocycles. The third-order valence-corrected chi connectivity index (χ3v) is 5.16. The molecule has 0 aliphatic heterocycles. The van der Waals surface area contributed by atoms with Gasteiger partial charge in [-0.25, -0.2) is 4.98 Å². The van der Waals surface area contributed by atoms with Gasteiger partial charge in [0.05, 0.1) is 6.07 Å². The first-order chi connectivity index (χ1) is 14.6. The van der Waals surface area contributed by atoms with Crippen LogP contribution < -0.4 is 5.32 Å². The topological polar surface area (TPSA) is 88.1 Å². The van der Waals surface area contributed by atoms with E-state index < -0.39 is 6.10 Å². The Labute approximate surface area is 180 Å². The number of carbonyl (C=O) groups excluding carboxylic acids is 1. The number of carbonyl (C=O) groups is 1. The Morgan fingerprint density at radius 1 is 1.13 bits per heavy atom. The molecule has 0 fully saturated rings. The highest BCUT2D eigenvalue weighted by Crippen LogP contribution is 2.20. The minimum atomic E-state index is -0.509. The number of unbranched alkanes of at least 4 members (excludes halogenated alkanes) is 9. The van der Waals surface area contributed by atoms with Gasteiger partial charge in [0.2, 0.25) is 5.89 Å². The molecule has 1 atom stereocenters. The van der Waals surface area contributed by atoms with Gasteiger partial charge in [-0.1, -0.05) is 64.7 Å². The van der Waals surface area contributed by atoms with E-state index in [1.165, 1.54) is 51.4 Å². The standard InChI is InChI=1S/C24H35N3O3/c1-3-4-5-6-7-8-9-10-11-12-17-29-19(2)24(28)26-20-13-14-22-21(18-20)27-23(30-22)15-16-25/h13-14,18-19H,3-12,15,17H2,1-2H3,(H,26,28). The number of oxazole rings is 1. The zero-order valence-corrected chi connectivity index (χ0v) is 18.4. The number of hydrogen-bond donors (Lipinski definition) is 1. The number of benzene rings is 1. The monoisotopic (exact) mass is 413 g/mol. The Morgan fingerprint density at radius 2 is 1.80 bits per heavy atom. The predicted molar refractivity (Wildman–Crippen MR) is 119 cm³/mol. The summed E-state index contributed by atoms with van der Waals surface area (Å²) in [6.45, 7) is 4.62. The molecule has 2 rings (SSSR count). The molecule has 0 spiro atoms. The number of anilines is 1. The van der Waals surface area contributed by atoms with Crippen LogP contribution in [0.1, 0.15) is 83.9 Å². The van der Waals surface area contributed by atoms with Crippen molar-refractivity contribution < 1.29 is 13.9 Å². The molecule has 0 bridgehead atoms. The predicted octanol–water partition coefficient (Wildman–Crippen LogP) is 6.16. The largest absolute Gasteiger partial charge is 0.440 e. The molecule has 0 aliphatic rings. The first kappa shape index (κ1) is 23.9. The lowest BCUT2D eigenvalue weighted by Crippen LogP contribution is -2.28. The third kappa shape index (κ3) is 8.54. The number of aromatic nitrogens is 1. The van der Waals surface area contributed by atoms with Gasteiger partial charge in [-0.05, 0) is 31.5 Å². The molecule has 0 saturated carbocycles. The first-order valence-electron chi connectivity index (χ1n) is 11.3. The summed E-state index contributed by atoms with van der Waals surface area (Å²) in [5, 5.41) is 11.6. The molecule has 0 radical (unpaired) electrons. The lowest BCUT2D eigenvalue weighted by atomic mass is 10.1. The minimum absolute atomic E-state index is 0.125. The number of amides is 1. The normalized spacial score (nSPS) is 12.0. The van der Waals surface area contributed by atoms with Gasteiger partial charge in [0, 0.05) is 12.3 Å². The highest BCUT2D eigenvalue weighted by molar-refractivity contribution is 5.95. The van der Waals surface area contributed by atoms with Crippen molar-refractivity contribution >= 4 is 22.7 Å². The smallest absolute Gasteiger partial charge is 0.253 e. The Morgan fingerprint density at radius 3 is 2.47 bits per heavy atom. The highest BCUT2D eigenvalue weighted by Gasteiger charge is 2.14. The fourth-order valence-electron chi connectivity index (χ4n) is 3.37. The van der Waals surface area contributed by atoms with Gasteiger partial charge < -0.3 is 14.5 Å². The minimum Gasteiger partial charge on any atom is -0.440 e. The van der Waals surface area contributed by atoms with Gasteiger partial charge in [0.25, 0.3) is 5.91 Å². The summed E-state index contributed by atoms with van der Waals surface area (Å²) >= 11 is 0. The van der Waals surface area contributed by atoms with E-state index in [-0.39, 0.29) is 12.3 Å². The zero-order valence-electron chi connectivity index (χ0n) is 18.4. The molecule has 164 valence electrons. The number of nitriles is 1. The van der Waals surface area contributed by atoms with Crippen LogP contribution in [0.15, 0.2) is 22.6 Å².